The summed E-state index contributed by atoms with van der Waals surface area (Å²) in [4.78, 5) is 88.5. The number of rotatable bonds is 35. The molecule has 3 heterocycles. The number of carbonyl (C=O) groups excluding carboxylic acids is 3. The van der Waals surface area contributed by atoms with E-state index in [2.05, 4.69) is 102 Å². The third-order valence-electron chi connectivity index (χ3n) is 10.4. The van der Waals surface area contributed by atoms with Crippen molar-refractivity contribution in [1.29, 1.82) is 0 Å². The van der Waals surface area contributed by atoms with Crippen LogP contribution < -0.4 is 16.4 Å². The van der Waals surface area contributed by atoms with Crippen LogP contribution in [0.25, 0.3) is 11.2 Å². The minimum Gasteiger partial charge on any atom is -0.386 e. The number of phosphoric acid groups is 3. The van der Waals surface area contributed by atoms with Gasteiger partial charge in [0.05, 0.1) is 19.5 Å². The number of fused-ring (bicyclic) bond motifs is 1. The Morgan fingerprint density at radius 2 is 1.48 bits per heavy atom. The summed E-state index contributed by atoms with van der Waals surface area (Å²) in [6, 6.07) is 0. The van der Waals surface area contributed by atoms with Gasteiger partial charge in [-0.3, -0.25) is 32.5 Å². The smallest absolute Gasteiger partial charge is 0.386 e. The molecule has 7 unspecified atom stereocenters. The van der Waals surface area contributed by atoms with E-state index in [9.17, 15) is 57.9 Å². The van der Waals surface area contributed by atoms with E-state index in [1.54, 1.807) is 0 Å². The van der Waals surface area contributed by atoms with Crippen LogP contribution in [0.5, 0.6) is 0 Å². The number of aliphatic hydroxyl groups is 2. The standard InChI is InChI=1S/C45H70N7O17P3S/c1-4-5-6-7-8-9-10-11-12-13-14-15-16-17-18-19-20-21-22-23-24-25-36(54)73-29-28-47-35(53)26-27-48-43(57)40(56)45(2,3)31-66-72(63,64)69-71(61,62)65-30-34-39(68-70(58,59)60)38(55)44(67-34)52-33-51-37-41(46)49-32-50-42(37)52/h5-6,8-9,11-12,14-15,17-20,32-34,38-40,44,55-56H,4,7,10,13,16,21-31H2,1-3H3,(H,47,53)(H,48,57)(H,61,62)(H,63,64)(H2,46,49,50)(H2,58,59,60)/b6-5+,9-8+,12-11+,15-14+,18-17+,20-19+. The lowest BCUT2D eigenvalue weighted by atomic mass is 9.87. The Morgan fingerprint density at radius 3 is 2.14 bits per heavy atom. The van der Waals surface area contributed by atoms with Crippen LogP contribution in [0.3, 0.4) is 0 Å². The monoisotopic (exact) mass is 1110 g/mol. The third kappa shape index (κ3) is 24.9. The zero-order chi connectivity index (χ0) is 53.9. The minimum absolute atomic E-state index is 0.0282. The van der Waals surface area contributed by atoms with Crippen LogP contribution in [0.2, 0.25) is 0 Å². The molecule has 0 aromatic carbocycles. The molecule has 2 amide bonds. The number of aromatic nitrogens is 4. The molecule has 408 valence electrons. The van der Waals surface area contributed by atoms with Crippen molar-refractivity contribution >= 4 is 69.1 Å². The summed E-state index contributed by atoms with van der Waals surface area (Å²) in [5, 5.41) is 26.6. The van der Waals surface area contributed by atoms with Gasteiger partial charge in [0.2, 0.25) is 11.8 Å². The number of anilines is 1. The van der Waals surface area contributed by atoms with Gasteiger partial charge in [-0.1, -0.05) is 112 Å². The maximum absolute atomic E-state index is 12.8. The lowest BCUT2D eigenvalue weighted by Crippen LogP contribution is -2.46. The van der Waals surface area contributed by atoms with Crippen LogP contribution in [-0.2, 0) is 50.7 Å². The van der Waals surface area contributed by atoms with Gasteiger partial charge in [0.25, 0.3) is 0 Å². The van der Waals surface area contributed by atoms with Crippen LogP contribution in [-0.4, -0.2) is 123 Å². The molecule has 0 saturated carbocycles. The molecule has 1 saturated heterocycles. The predicted molar refractivity (Wildman–Crippen MR) is 274 cm³/mol. The number of imidazole rings is 1. The number of thioether (sulfide) groups is 1. The summed E-state index contributed by atoms with van der Waals surface area (Å²) >= 11 is 1.12. The highest BCUT2D eigenvalue weighted by atomic mass is 32.2. The maximum Gasteiger partial charge on any atom is 0.481 e. The molecule has 2 aromatic heterocycles. The molecule has 2 aromatic rings. The second-order valence-corrected chi connectivity index (χ2v) is 22.4. The quantitative estimate of drug-likeness (QED) is 0.0167. The molecule has 1 aliphatic heterocycles. The van der Waals surface area contributed by atoms with Crippen LogP contribution in [0.1, 0.15) is 97.6 Å². The number of carbonyl (C=O) groups is 3. The molecule has 10 N–H and O–H groups in total. The minimum atomic E-state index is -5.58. The first-order valence-electron chi connectivity index (χ1n) is 23.5. The SMILES string of the molecule is CC/C=C/C/C=C/C/C=C/C/C=C/C/C=C/C=C/CCCCCC(=O)SCCNC(=O)CCNC(=O)C(O)C(C)(C)COP(=O)(O)OP(=O)(O)OCC1OC(n2cnc3c(N)ncnc32)C(O)C1OP(=O)(O)O. The first-order chi connectivity index (χ1) is 34.6. The second-order valence-electron chi connectivity index (χ2n) is 17.0. The lowest BCUT2D eigenvalue weighted by molar-refractivity contribution is -0.137. The number of nitrogens with one attached hydrogen (secondary N) is 2. The fourth-order valence-corrected chi connectivity index (χ4v) is 10.1. The molecule has 1 aliphatic rings. The van der Waals surface area contributed by atoms with Crippen LogP contribution in [0.15, 0.2) is 85.6 Å². The van der Waals surface area contributed by atoms with Gasteiger partial charge in [-0.25, -0.2) is 28.6 Å². The summed E-state index contributed by atoms with van der Waals surface area (Å²) in [7, 11) is -16.4. The normalized spacial score (nSPS) is 20.1. The summed E-state index contributed by atoms with van der Waals surface area (Å²) < 4.78 is 62.5. The number of aliphatic hydroxyl groups excluding tert-OH is 2. The number of hydrogen-bond acceptors (Lipinski definition) is 18. The molecular formula is C45H70N7O17P3S. The van der Waals surface area contributed by atoms with Gasteiger partial charge < -0.3 is 50.9 Å². The number of nitrogens with two attached hydrogens (primary N) is 1. The summed E-state index contributed by atoms with van der Waals surface area (Å²) in [6.45, 7) is 2.64. The van der Waals surface area contributed by atoms with Crippen LogP contribution in [0.4, 0.5) is 5.82 Å². The van der Waals surface area contributed by atoms with Gasteiger partial charge in [-0.2, -0.15) is 4.31 Å². The molecule has 0 spiro atoms. The van der Waals surface area contributed by atoms with Crippen molar-refractivity contribution in [3.63, 3.8) is 0 Å². The summed E-state index contributed by atoms with van der Waals surface area (Å²) in [5.41, 5.74) is 4.27. The van der Waals surface area contributed by atoms with Crippen LogP contribution in [0, 0.1) is 5.41 Å². The Balaban J connectivity index is 1.27. The molecular weight excluding hydrogens is 1040 g/mol. The Kier molecular flexibility index (Phi) is 28.1. The highest BCUT2D eigenvalue weighted by Gasteiger charge is 2.50. The van der Waals surface area contributed by atoms with Crippen molar-refractivity contribution in [3.8, 4) is 0 Å². The van der Waals surface area contributed by atoms with Crippen molar-refractivity contribution in [1.82, 2.24) is 30.2 Å². The van der Waals surface area contributed by atoms with Crippen molar-refractivity contribution in [3.05, 3.63) is 85.6 Å². The number of nitrogens with zero attached hydrogens (tertiary/aromatic N) is 4. The molecule has 28 heteroatoms. The van der Waals surface area contributed by atoms with E-state index in [-0.39, 0.29) is 41.6 Å². The van der Waals surface area contributed by atoms with E-state index in [4.69, 9.17) is 19.5 Å². The number of nitrogen functional groups attached to an aromatic ring is 1. The van der Waals surface area contributed by atoms with Crippen molar-refractivity contribution in [2.75, 3.05) is 37.8 Å². The molecule has 7 atom stereocenters. The average Bonchev–Trinajstić information content (AvgIpc) is 3.88. The van der Waals surface area contributed by atoms with E-state index >= 15 is 0 Å². The molecule has 0 aliphatic carbocycles. The van der Waals surface area contributed by atoms with Gasteiger partial charge in [0.15, 0.2) is 22.8 Å². The zero-order valence-electron chi connectivity index (χ0n) is 41.1. The first kappa shape index (κ1) is 63.3. The highest BCUT2D eigenvalue weighted by Crippen LogP contribution is 2.61. The van der Waals surface area contributed by atoms with Gasteiger partial charge in [0.1, 0.15) is 36.3 Å². The Morgan fingerprint density at radius 1 is 0.849 bits per heavy atom. The highest BCUT2D eigenvalue weighted by molar-refractivity contribution is 8.13. The van der Waals surface area contributed by atoms with Gasteiger partial charge >= 0.3 is 23.5 Å². The van der Waals surface area contributed by atoms with E-state index in [0.717, 1.165) is 86.8 Å². The number of phosphoric ester groups is 3. The topological polar surface area (TPSA) is 364 Å². The molecule has 3 rings (SSSR count). The van der Waals surface area contributed by atoms with E-state index in [0.29, 0.717) is 12.2 Å². The zero-order valence-corrected chi connectivity index (χ0v) is 44.6. The number of ether oxygens (including phenoxy) is 1. The Bertz CT molecular complexity index is 2390. The summed E-state index contributed by atoms with van der Waals surface area (Å²) in [6.07, 6.45) is 27.5. The van der Waals surface area contributed by atoms with E-state index < -0.39 is 84.6 Å². The fourth-order valence-electron chi connectivity index (χ4n) is 6.56. The Labute approximate surface area is 429 Å². The predicted octanol–water partition coefficient (Wildman–Crippen LogP) is 5.92. The fraction of sp³-hybridized carbons (Fsp3) is 0.556. The average molecular weight is 1110 g/mol. The van der Waals surface area contributed by atoms with E-state index in [1.165, 1.54) is 13.8 Å². The number of amides is 2. The molecule has 0 bridgehead atoms. The van der Waals surface area contributed by atoms with Crippen molar-refractivity contribution < 1.29 is 80.5 Å². The Hall–Kier alpha value is -4.00. The molecule has 1 fully saturated rings. The van der Waals surface area contributed by atoms with Crippen molar-refractivity contribution in [2.45, 2.75) is 122 Å². The van der Waals surface area contributed by atoms with Crippen LogP contribution >= 0.6 is 35.2 Å². The molecule has 0 radical (unpaired) electrons. The second kappa shape index (κ2) is 32.4. The lowest BCUT2D eigenvalue weighted by Gasteiger charge is -2.30. The number of hydrogen-bond donors (Lipinski definition) is 9. The first-order valence-corrected chi connectivity index (χ1v) is 29.0. The van der Waals surface area contributed by atoms with Crippen molar-refractivity contribution in [2.24, 2.45) is 5.41 Å². The number of allylic oxidation sites excluding steroid dienone is 12. The van der Waals surface area contributed by atoms with Gasteiger partial charge in [-0.05, 0) is 51.4 Å². The van der Waals surface area contributed by atoms with Gasteiger partial charge in [0, 0.05) is 37.1 Å². The number of unbranched alkanes of at least 4 members (excludes halogenated alkanes) is 3. The maximum atomic E-state index is 12.8. The summed E-state index contributed by atoms with van der Waals surface area (Å²) in [5.74, 6) is -1.08. The van der Waals surface area contributed by atoms with E-state index in [1.807, 2.05) is 12.2 Å². The third-order valence-corrected chi connectivity index (χ3v) is 14.4. The van der Waals surface area contributed by atoms with Gasteiger partial charge in [-0.15, -0.1) is 0 Å². The largest absolute Gasteiger partial charge is 0.481 e. The molecule has 73 heavy (non-hydrogen) atoms. The molecule has 24 nitrogen and oxygen atoms in total.